The maximum Gasteiger partial charge on any atom is 0.165 e. The number of benzene rings is 3. The molecule has 0 saturated heterocycles. The van der Waals surface area contributed by atoms with Gasteiger partial charge in [-0.05, 0) is 111 Å². The summed E-state index contributed by atoms with van der Waals surface area (Å²) >= 11 is 0. The molecule has 0 saturated carbocycles. The molecule has 6 nitrogen and oxygen atoms in total. The van der Waals surface area contributed by atoms with Crippen LogP contribution in [0.5, 0.6) is 23.0 Å². The summed E-state index contributed by atoms with van der Waals surface area (Å²) in [5, 5.41) is 13.5. The molecule has 41 heavy (non-hydrogen) atoms. The normalized spacial score (nSPS) is 14.5. The van der Waals surface area contributed by atoms with Crippen molar-refractivity contribution in [1.82, 2.24) is 4.90 Å². The van der Waals surface area contributed by atoms with E-state index in [-0.39, 0.29) is 5.82 Å². The van der Waals surface area contributed by atoms with Crippen LogP contribution in [0.2, 0.25) is 0 Å². The number of unbranched alkanes of at least 4 members (excludes halogenated alkanes) is 1. The van der Waals surface area contributed by atoms with E-state index < -0.39 is 0 Å². The van der Waals surface area contributed by atoms with Gasteiger partial charge in [0, 0.05) is 24.8 Å². The van der Waals surface area contributed by atoms with Crippen molar-refractivity contribution in [3.8, 4) is 23.0 Å². The second kappa shape index (κ2) is 15.0. The highest BCUT2D eigenvalue weighted by atomic mass is 19.1. The molecule has 0 spiro atoms. The Bertz CT molecular complexity index is 1280. The van der Waals surface area contributed by atoms with Crippen LogP contribution in [0.4, 0.5) is 10.1 Å². The fourth-order valence-corrected chi connectivity index (χ4v) is 5.58. The first-order valence-electron chi connectivity index (χ1n) is 14.8. The maximum absolute atomic E-state index is 14.7. The Hall–Kier alpha value is -3.45. The molecule has 0 radical (unpaired) electrons. The lowest BCUT2D eigenvalue weighted by molar-refractivity contribution is 0.229. The number of phenolic OH excluding ortho intramolecular Hbond substituents is 1. The van der Waals surface area contributed by atoms with Crippen molar-refractivity contribution < 1.29 is 23.7 Å². The van der Waals surface area contributed by atoms with Gasteiger partial charge in [0.05, 0.1) is 14.2 Å². The maximum atomic E-state index is 14.7. The summed E-state index contributed by atoms with van der Waals surface area (Å²) in [6.45, 7) is 5.20. The minimum absolute atomic E-state index is 0.306. The highest BCUT2D eigenvalue weighted by molar-refractivity contribution is 5.62. The largest absolute Gasteiger partial charge is 0.508 e. The number of nitrogens with one attached hydrogen (secondary N) is 1. The fraction of sp³-hybridized carbons (Fsp3) is 0.471. The summed E-state index contributed by atoms with van der Waals surface area (Å²) in [5.41, 5.74) is 5.69. The van der Waals surface area contributed by atoms with E-state index in [2.05, 4.69) is 30.3 Å². The van der Waals surface area contributed by atoms with E-state index in [0.29, 0.717) is 29.8 Å². The summed E-state index contributed by atoms with van der Waals surface area (Å²) in [7, 11) is 5.38. The molecule has 2 N–H and O–H groups in total. The lowest BCUT2D eigenvalue weighted by Gasteiger charge is -2.28. The van der Waals surface area contributed by atoms with Gasteiger partial charge in [-0.25, -0.2) is 4.39 Å². The summed E-state index contributed by atoms with van der Waals surface area (Å²) in [6.07, 6.45) is 6.74. The lowest BCUT2D eigenvalue weighted by Crippen LogP contribution is -2.25. The van der Waals surface area contributed by atoms with Crippen molar-refractivity contribution in [2.75, 3.05) is 52.8 Å². The number of nitrogens with zero attached hydrogens (tertiary/aromatic N) is 1. The van der Waals surface area contributed by atoms with Gasteiger partial charge in [-0.3, -0.25) is 0 Å². The van der Waals surface area contributed by atoms with Crippen LogP contribution < -0.4 is 19.5 Å². The molecule has 0 aliphatic heterocycles. The van der Waals surface area contributed by atoms with Gasteiger partial charge in [-0.1, -0.05) is 25.5 Å². The van der Waals surface area contributed by atoms with Crippen molar-refractivity contribution >= 4 is 5.69 Å². The predicted octanol–water partition coefficient (Wildman–Crippen LogP) is 6.98. The first-order valence-corrected chi connectivity index (χ1v) is 14.8. The fourth-order valence-electron chi connectivity index (χ4n) is 5.58. The smallest absolute Gasteiger partial charge is 0.165 e. The highest BCUT2D eigenvalue weighted by Crippen LogP contribution is 2.42. The molecular formula is C34H45FN2O4. The predicted molar refractivity (Wildman–Crippen MR) is 164 cm³/mol. The Balaban J connectivity index is 1.35. The van der Waals surface area contributed by atoms with E-state index in [1.165, 1.54) is 16.7 Å². The number of anilines is 1. The van der Waals surface area contributed by atoms with Gasteiger partial charge < -0.3 is 29.5 Å². The first kappa shape index (κ1) is 30.5. The van der Waals surface area contributed by atoms with E-state index in [1.807, 2.05) is 24.3 Å². The third kappa shape index (κ3) is 8.29. The lowest BCUT2D eigenvalue weighted by atomic mass is 9.79. The number of phenols is 1. The Kier molecular flexibility index (Phi) is 11.1. The molecule has 4 rings (SSSR count). The summed E-state index contributed by atoms with van der Waals surface area (Å²) < 4.78 is 31.6. The third-order valence-corrected chi connectivity index (χ3v) is 7.99. The zero-order chi connectivity index (χ0) is 29.2. The second-order valence-corrected chi connectivity index (χ2v) is 11.0. The molecule has 0 bridgehead atoms. The van der Waals surface area contributed by atoms with E-state index >= 15 is 0 Å². The van der Waals surface area contributed by atoms with Crippen LogP contribution in [0.1, 0.15) is 60.8 Å². The molecule has 0 fully saturated rings. The van der Waals surface area contributed by atoms with Gasteiger partial charge in [0.2, 0.25) is 0 Å². The van der Waals surface area contributed by atoms with Crippen molar-refractivity contribution in [1.29, 1.82) is 0 Å². The van der Waals surface area contributed by atoms with E-state index in [0.717, 1.165) is 81.6 Å². The Morgan fingerprint density at radius 3 is 2.51 bits per heavy atom. The van der Waals surface area contributed by atoms with Gasteiger partial charge in [0.25, 0.3) is 0 Å². The molecule has 1 atom stereocenters. The van der Waals surface area contributed by atoms with Gasteiger partial charge in [-0.2, -0.15) is 0 Å². The minimum Gasteiger partial charge on any atom is -0.508 e. The van der Waals surface area contributed by atoms with Gasteiger partial charge in [0.1, 0.15) is 12.4 Å². The van der Waals surface area contributed by atoms with Crippen LogP contribution in [0.25, 0.3) is 0 Å². The van der Waals surface area contributed by atoms with Crippen LogP contribution in [0.3, 0.4) is 0 Å². The summed E-state index contributed by atoms with van der Waals surface area (Å²) in [6, 6.07) is 15.1. The topological polar surface area (TPSA) is 63.2 Å². The molecule has 1 aliphatic rings. The van der Waals surface area contributed by atoms with Crippen LogP contribution in [0, 0.1) is 5.82 Å². The van der Waals surface area contributed by atoms with Gasteiger partial charge in [-0.15, -0.1) is 0 Å². The molecule has 3 aromatic rings. The average molecular weight is 565 g/mol. The molecule has 7 heteroatoms. The second-order valence-electron chi connectivity index (χ2n) is 11.0. The third-order valence-electron chi connectivity index (χ3n) is 7.99. The molecule has 222 valence electrons. The molecule has 0 amide bonds. The van der Waals surface area contributed by atoms with Crippen LogP contribution in [0.15, 0.2) is 48.5 Å². The Morgan fingerprint density at radius 1 is 0.951 bits per heavy atom. The van der Waals surface area contributed by atoms with E-state index in [9.17, 15) is 9.50 Å². The van der Waals surface area contributed by atoms with E-state index in [1.54, 1.807) is 32.4 Å². The van der Waals surface area contributed by atoms with Crippen molar-refractivity contribution in [3.63, 3.8) is 0 Å². The van der Waals surface area contributed by atoms with Crippen molar-refractivity contribution in [2.45, 2.75) is 57.8 Å². The van der Waals surface area contributed by atoms with Crippen molar-refractivity contribution in [2.24, 2.45) is 0 Å². The molecule has 1 aliphatic carbocycles. The Labute approximate surface area is 244 Å². The molecule has 0 heterocycles. The van der Waals surface area contributed by atoms with Gasteiger partial charge in [0.15, 0.2) is 23.1 Å². The number of ether oxygens (including phenoxy) is 3. The first-order chi connectivity index (χ1) is 19.9. The number of aryl methyl sites for hydroxylation is 2. The van der Waals surface area contributed by atoms with Crippen LogP contribution >= 0.6 is 0 Å². The number of hydrogen-bond acceptors (Lipinski definition) is 6. The number of rotatable bonds is 15. The molecule has 3 aromatic carbocycles. The van der Waals surface area contributed by atoms with Crippen LogP contribution in [-0.2, 0) is 19.3 Å². The number of methoxy groups -OCH3 is 2. The van der Waals surface area contributed by atoms with Gasteiger partial charge >= 0.3 is 0 Å². The quantitative estimate of drug-likeness (QED) is 0.194. The summed E-state index contributed by atoms with van der Waals surface area (Å²) in [5.74, 6) is 2.06. The van der Waals surface area contributed by atoms with E-state index in [4.69, 9.17) is 14.2 Å². The summed E-state index contributed by atoms with van der Waals surface area (Å²) in [4.78, 5) is 2.21. The standard InChI is InChI=1S/C34H45FN2O4/c1-5-6-16-37(2)17-18-41-32-14-9-24(19-30(32)35)8-7-15-36-31-23-34(40-4)33(39-3)22-29(31)27-11-10-26-21-28(38)13-12-25(26)20-27/h9,12-14,19,21-23,27,36,38H,5-8,10-11,15-18,20H2,1-4H3/t27-/m1/s1. The number of halogens is 1. The number of aromatic hydroxyl groups is 1. The number of fused-ring (bicyclic) bond motifs is 1. The molecule has 0 aromatic heterocycles. The molecule has 0 unspecified atom stereocenters. The zero-order valence-electron chi connectivity index (χ0n) is 25.0. The molecular weight excluding hydrogens is 519 g/mol. The van der Waals surface area contributed by atoms with Crippen molar-refractivity contribution in [3.05, 3.63) is 76.6 Å². The Morgan fingerprint density at radius 2 is 1.76 bits per heavy atom. The monoisotopic (exact) mass is 564 g/mol. The minimum atomic E-state index is -0.306. The zero-order valence-corrected chi connectivity index (χ0v) is 25.0. The highest BCUT2D eigenvalue weighted by Gasteiger charge is 2.24. The SMILES string of the molecule is CCCCN(C)CCOc1ccc(CCCNc2cc(OC)c(OC)cc2[C@@H]2CCc3cc(O)ccc3C2)cc1F. The number of likely N-dealkylation sites (N-methyl/N-ethyl adjacent to an activating group) is 1. The number of hydrogen-bond donors (Lipinski definition) is 2. The van der Waals surface area contributed by atoms with Crippen LogP contribution in [-0.4, -0.2) is 57.5 Å². The average Bonchev–Trinajstić information content (AvgIpc) is 2.98.